The predicted molar refractivity (Wildman–Crippen MR) is 132 cm³/mol. The number of rotatable bonds is 10. The summed E-state index contributed by atoms with van der Waals surface area (Å²) < 4.78 is 16.7. The molecule has 2 fully saturated rings. The van der Waals surface area contributed by atoms with Gasteiger partial charge in [-0.05, 0) is 12.5 Å². The van der Waals surface area contributed by atoms with Crippen LogP contribution in [0.2, 0.25) is 0 Å². The van der Waals surface area contributed by atoms with Crippen LogP contribution in [-0.2, 0) is 14.2 Å². The van der Waals surface area contributed by atoms with Gasteiger partial charge in [-0.1, -0.05) is 30.3 Å². The molecule has 16 heteroatoms. The third-order valence-corrected chi connectivity index (χ3v) is 6.96. The van der Waals surface area contributed by atoms with Gasteiger partial charge < -0.3 is 50.0 Å². The molecule has 1 aromatic carbocycles. The quantitative estimate of drug-likeness (QED) is 0.0909. The molecule has 1 aromatic rings. The van der Waals surface area contributed by atoms with Crippen LogP contribution in [0.25, 0.3) is 0 Å². The number of alkyl halides is 1. The molecule has 0 aromatic heterocycles. The average molecular weight is 580 g/mol. The van der Waals surface area contributed by atoms with Gasteiger partial charge in [0.25, 0.3) is 0 Å². The van der Waals surface area contributed by atoms with E-state index in [1.54, 1.807) is 37.3 Å². The van der Waals surface area contributed by atoms with Gasteiger partial charge in [0, 0.05) is 5.88 Å². The number of carbonyl (C=O) groups excluding carboxylic acids is 1. The molecular formula is C23H34ClN3O12. The summed E-state index contributed by atoms with van der Waals surface area (Å²) in [6.45, 7) is -0.217. The van der Waals surface area contributed by atoms with Crippen molar-refractivity contribution in [2.24, 2.45) is 5.29 Å². The van der Waals surface area contributed by atoms with E-state index in [1.165, 1.54) is 0 Å². The van der Waals surface area contributed by atoms with Gasteiger partial charge in [-0.25, -0.2) is 4.79 Å². The Morgan fingerprint density at radius 3 is 2.18 bits per heavy atom. The normalized spacial score (nSPS) is 35.7. The minimum absolute atomic E-state index is 0.129. The summed E-state index contributed by atoms with van der Waals surface area (Å²) in [4.78, 5) is 25.8. The maximum absolute atomic E-state index is 13.4. The smallest absolute Gasteiger partial charge is 0.345 e. The van der Waals surface area contributed by atoms with Crippen molar-refractivity contribution in [2.75, 3.05) is 25.6 Å². The number of carbonyl (C=O) groups is 1. The Morgan fingerprint density at radius 2 is 1.62 bits per heavy atom. The first-order valence-corrected chi connectivity index (χ1v) is 12.8. The number of ether oxygens (including phenoxy) is 3. The zero-order valence-corrected chi connectivity index (χ0v) is 21.7. The van der Waals surface area contributed by atoms with Crippen molar-refractivity contribution in [3.05, 3.63) is 40.8 Å². The molecular weight excluding hydrogens is 546 g/mol. The maximum atomic E-state index is 13.4. The summed E-state index contributed by atoms with van der Waals surface area (Å²) in [6, 6.07) is 6.69. The van der Waals surface area contributed by atoms with Gasteiger partial charge in [-0.15, -0.1) is 16.5 Å². The third kappa shape index (κ3) is 6.66. The minimum Gasteiger partial charge on any atom is -0.394 e. The molecule has 0 radical (unpaired) electrons. The van der Waals surface area contributed by atoms with Crippen LogP contribution in [0.4, 0.5) is 4.79 Å². The fourth-order valence-electron chi connectivity index (χ4n) is 4.57. The molecule has 0 spiro atoms. The molecule has 7 N–H and O–H groups in total. The number of halogens is 1. The number of aliphatic hydroxyl groups excluding tert-OH is 7. The van der Waals surface area contributed by atoms with Crippen LogP contribution in [0.3, 0.4) is 0 Å². The number of nitroso groups, excluding NO2 is 1. The Kier molecular flexibility index (Phi) is 11.3. The van der Waals surface area contributed by atoms with E-state index in [0.29, 0.717) is 10.6 Å². The van der Waals surface area contributed by atoms with Gasteiger partial charge in [-0.3, -0.25) is 4.90 Å². The largest absolute Gasteiger partial charge is 0.394 e. The fraction of sp³-hybridized carbons (Fsp3) is 0.696. The highest BCUT2D eigenvalue weighted by atomic mass is 35.5. The minimum atomic E-state index is -1.89. The zero-order valence-electron chi connectivity index (χ0n) is 21.0. The molecule has 2 aliphatic rings. The number of hydrogen-bond donors (Lipinski definition) is 7. The molecule has 0 bridgehead atoms. The molecule has 39 heavy (non-hydrogen) atoms. The number of hydrogen-bond acceptors (Lipinski definition) is 13. The molecule has 15 nitrogen and oxygen atoms in total. The predicted octanol–water partition coefficient (Wildman–Crippen LogP) is -1.98. The molecule has 2 unspecified atom stereocenters. The van der Waals surface area contributed by atoms with Crippen LogP contribution in [0.1, 0.15) is 18.5 Å². The van der Waals surface area contributed by atoms with Crippen molar-refractivity contribution in [1.82, 2.24) is 9.91 Å². The van der Waals surface area contributed by atoms with Gasteiger partial charge in [0.05, 0.1) is 31.1 Å². The van der Waals surface area contributed by atoms with Crippen molar-refractivity contribution in [3.63, 3.8) is 0 Å². The van der Waals surface area contributed by atoms with Crippen molar-refractivity contribution >= 4 is 17.6 Å². The van der Waals surface area contributed by atoms with Crippen molar-refractivity contribution in [1.29, 1.82) is 0 Å². The van der Waals surface area contributed by atoms with Crippen LogP contribution < -0.4 is 0 Å². The van der Waals surface area contributed by atoms with E-state index in [9.17, 15) is 45.4 Å². The Morgan fingerprint density at radius 1 is 0.974 bits per heavy atom. The number of nitrogens with zero attached hydrogens (tertiary/aromatic N) is 3. The van der Waals surface area contributed by atoms with Crippen LogP contribution in [0, 0.1) is 4.91 Å². The van der Waals surface area contributed by atoms with E-state index >= 15 is 0 Å². The van der Waals surface area contributed by atoms with E-state index < -0.39 is 86.6 Å². The summed E-state index contributed by atoms with van der Waals surface area (Å²) in [7, 11) is 0. The molecule has 0 saturated carbocycles. The van der Waals surface area contributed by atoms with Crippen molar-refractivity contribution in [2.45, 2.75) is 74.3 Å². The van der Waals surface area contributed by atoms with Gasteiger partial charge in [0.1, 0.15) is 48.8 Å². The molecule has 0 aliphatic carbocycles. The zero-order chi connectivity index (χ0) is 28.9. The highest BCUT2D eigenvalue weighted by molar-refractivity contribution is 6.18. The second kappa shape index (κ2) is 14.0. The SMILES string of the molecule is CC(c1ccccc1)N(C(=O)N(CCCl)N=O)C1O[C@H](CO)[C@@H](O[C@H]2O[C@H](CO)[C@@H](O)[C@H](O)[C@H]2O)[C@H](O)[C@H]1O. The first-order valence-electron chi connectivity index (χ1n) is 12.2. The highest BCUT2D eigenvalue weighted by Crippen LogP contribution is 2.34. The van der Waals surface area contributed by atoms with E-state index in [0.717, 1.165) is 4.90 Å². The fourth-order valence-corrected chi connectivity index (χ4v) is 4.73. The van der Waals surface area contributed by atoms with Gasteiger partial charge in [-0.2, -0.15) is 5.01 Å². The maximum Gasteiger partial charge on any atom is 0.345 e. The lowest BCUT2D eigenvalue weighted by Crippen LogP contribution is -2.67. The summed E-state index contributed by atoms with van der Waals surface area (Å²) in [5.74, 6) is -0.129. The van der Waals surface area contributed by atoms with Crippen molar-refractivity contribution in [3.8, 4) is 0 Å². The first kappa shape index (κ1) is 31.5. The Labute approximate surface area is 228 Å². The van der Waals surface area contributed by atoms with Gasteiger partial charge >= 0.3 is 6.03 Å². The Balaban J connectivity index is 1.91. The molecule has 2 aliphatic heterocycles. The molecule has 2 heterocycles. The summed E-state index contributed by atoms with van der Waals surface area (Å²) >= 11 is 5.70. The molecule has 220 valence electrons. The van der Waals surface area contributed by atoms with E-state index in [-0.39, 0.29) is 12.4 Å². The Hall–Kier alpha value is -2.02. The lowest BCUT2D eigenvalue weighted by atomic mass is 9.95. The molecule has 3 rings (SSSR count). The molecule has 2 saturated heterocycles. The number of amides is 2. The van der Waals surface area contributed by atoms with Gasteiger partial charge in [0.2, 0.25) is 0 Å². The topological polar surface area (TPSA) is 222 Å². The Bertz CT molecular complexity index is 931. The third-order valence-electron chi connectivity index (χ3n) is 6.79. The van der Waals surface area contributed by atoms with E-state index in [2.05, 4.69) is 5.29 Å². The lowest BCUT2D eigenvalue weighted by Gasteiger charge is -2.49. The monoisotopic (exact) mass is 579 g/mol. The first-order chi connectivity index (χ1) is 18.6. The molecule has 2 amide bonds. The van der Waals surface area contributed by atoms with Crippen LogP contribution in [-0.4, -0.2) is 139 Å². The van der Waals surface area contributed by atoms with Crippen molar-refractivity contribution < 1.29 is 54.8 Å². The van der Waals surface area contributed by atoms with E-state index in [4.69, 9.17) is 25.8 Å². The number of benzene rings is 1. The summed E-state index contributed by atoms with van der Waals surface area (Å²) in [5.41, 5.74) is 0.577. The summed E-state index contributed by atoms with van der Waals surface area (Å²) in [6.07, 6.45) is -16.7. The average Bonchev–Trinajstić information content (AvgIpc) is 2.95. The van der Waals surface area contributed by atoms with Crippen LogP contribution in [0.15, 0.2) is 35.6 Å². The van der Waals surface area contributed by atoms with Crippen LogP contribution >= 0.6 is 11.6 Å². The van der Waals surface area contributed by atoms with Gasteiger partial charge in [0.15, 0.2) is 12.5 Å². The lowest BCUT2D eigenvalue weighted by molar-refractivity contribution is -0.348. The number of urea groups is 1. The van der Waals surface area contributed by atoms with E-state index in [1.807, 2.05) is 0 Å². The number of aliphatic hydroxyl groups is 7. The second-order valence-electron chi connectivity index (χ2n) is 9.20. The standard InChI is InChI=1S/C23H34ClN3O12/c1-11(12-5-3-2-4-6-12)27(23(35)26(25-36)8-7-24)21-18(33)17(32)20(14(10-29)37-21)39-22-19(34)16(31)15(30)13(9-28)38-22/h2-6,11,13-22,28-34H,7-10H2,1H3/t11?,13-,14-,15-,16+,17-,18-,19-,20-,21?,22-/m1/s1. The second-order valence-corrected chi connectivity index (χ2v) is 9.58. The molecule has 11 atom stereocenters. The van der Waals surface area contributed by atoms with Crippen LogP contribution in [0.5, 0.6) is 0 Å². The highest BCUT2D eigenvalue weighted by Gasteiger charge is 2.53. The summed E-state index contributed by atoms with van der Waals surface area (Å²) in [5, 5.41) is 75.2.